The molecule has 0 heterocycles. The predicted molar refractivity (Wildman–Crippen MR) is 92.8 cm³/mol. The number of aryl methyl sites for hydroxylation is 2. The molecule has 0 fully saturated rings. The van der Waals surface area contributed by atoms with Gasteiger partial charge < -0.3 is 10.5 Å². The fraction of sp³-hybridized carbons (Fsp3) is 0.278. The molecular formula is C18H20BrNO2. The first kappa shape index (κ1) is 16.6. The second kappa shape index (κ2) is 7.45. The van der Waals surface area contributed by atoms with Gasteiger partial charge in [-0.1, -0.05) is 45.8 Å². The zero-order valence-electron chi connectivity index (χ0n) is 12.8. The third kappa shape index (κ3) is 4.10. The third-order valence-corrected chi connectivity index (χ3v) is 4.29. The van der Waals surface area contributed by atoms with Crippen LogP contribution in [-0.4, -0.2) is 13.1 Å². The van der Waals surface area contributed by atoms with Gasteiger partial charge in [0.25, 0.3) is 0 Å². The topological polar surface area (TPSA) is 52.3 Å². The van der Waals surface area contributed by atoms with Crippen molar-refractivity contribution in [3.8, 4) is 0 Å². The quantitative estimate of drug-likeness (QED) is 0.640. The Balaban J connectivity index is 2.18. The average molecular weight is 362 g/mol. The molecule has 22 heavy (non-hydrogen) atoms. The highest BCUT2D eigenvalue weighted by Gasteiger charge is 2.21. The Kier molecular flexibility index (Phi) is 5.61. The summed E-state index contributed by atoms with van der Waals surface area (Å²) in [5, 5.41) is 0. The van der Waals surface area contributed by atoms with E-state index < -0.39 is 0 Å². The Hall–Kier alpha value is -1.81. The van der Waals surface area contributed by atoms with Gasteiger partial charge in [-0.05, 0) is 49.1 Å². The summed E-state index contributed by atoms with van der Waals surface area (Å²) in [6, 6.07) is 13.8. The van der Waals surface area contributed by atoms with E-state index in [9.17, 15) is 4.79 Å². The summed E-state index contributed by atoms with van der Waals surface area (Å²) in [5.74, 6) is -0.494. The van der Waals surface area contributed by atoms with E-state index in [2.05, 4.69) is 22.0 Å². The second-order valence-electron chi connectivity index (χ2n) is 5.37. The zero-order valence-corrected chi connectivity index (χ0v) is 14.4. The van der Waals surface area contributed by atoms with Crippen molar-refractivity contribution >= 4 is 27.6 Å². The lowest BCUT2D eigenvalue weighted by Gasteiger charge is -2.16. The highest BCUT2D eigenvalue weighted by atomic mass is 79.9. The van der Waals surface area contributed by atoms with Crippen molar-refractivity contribution in [2.75, 3.05) is 12.8 Å². The van der Waals surface area contributed by atoms with E-state index in [4.69, 9.17) is 10.5 Å². The monoisotopic (exact) mass is 361 g/mol. The van der Waals surface area contributed by atoms with Gasteiger partial charge in [0.15, 0.2) is 0 Å². The molecule has 1 atom stereocenters. The first-order valence-corrected chi connectivity index (χ1v) is 7.99. The van der Waals surface area contributed by atoms with Crippen molar-refractivity contribution in [1.82, 2.24) is 0 Å². The van der Waals surface area contributed by atoms with Crippen LogP contribution in [-0.2, 0) is 16.0 Å². The lowest BCUT2D eigenvalue weighted by atomic mass is 9.91. The van der Waals surface area contributed by atoms with E-state index >= 15 is 0 Å². The average Bonchev–Trinajstić information content (AvgIpc) is 2.52. The van der Waals surface area contributed by atoms with Gasteiger partial charge in [0, 0.05) is 10.2 Å². The van der Waals surface area contributed by atoms with Gasteiger partial charge in [-0.3, -0.25) is 4.79 Å². The molecule has 116 valence electrons. The van der Waals surface area contributed by atoms with Crippen molar-refractivity contribution in [3.05, 3.63) is 63.6 Å². The number of rotatable bonds is 5. The minimum atomic E-state index is -0.280. The molecule has 2 N–H and O–H groups in total. The number of carbonyl (C=O) groups excluding carboxylic acids is 1. The molecule has 0 saturated carbocycles. The molecular weight excluding hydrogens is 342 g/mol. The van der Waals surface area contributed by atoms with Gasteiger partial charge in [-0.2, -0.15) is 0 Å². The normalized spacial score (nSPS) is 12.0. The second-order valence-corrected chi connectivity index (χ2v) is 6.28. The molecule has 3 nitrogen and oxygen atoms in total. The molecule has 0 radical (unpaired) electrons. The van der Waals surface area contributed by atoms with Gasteiger partial charge in [-0.15, -0.1) is 0 Å². The minimum absolute atomic E-state index is 0.214. The van der Waals surface area contributed by atoms with E-state index in [0.717, 1.165) is 27.7 Å². The van der Waals surface area contributed by atoms with Gasteiger partial charge >= 0.3 is 5.97 Å². The molecule has 1 unspecified atom stereocenters. The van der Waals surface area contributed by atoms with E-state index in [1.165, 1.54) is 12.7 Å². The molecule has 0 aliphatic carbocycles. The number of esters is 1. The van der Waals surface area contributed by atoms with Crippen LogP contribution in [0, 0.1) is 6.92 Å². The van der Waals surface area contributed by atoms with Crippen molar-refractivity contribution in [2.45, 2.75) is 25.7 Å². The zero-order chi connectivity index (χ0) is 16.1. The molecule has 0 bridgehead atoms. The van der Waals surface area contributed by atoms with Crippen molar-refractivity contribution in [1.29, 1.82) is 0 Å². The largest absolute Gasteiger partial charge is 0.469 e. The maximum absolute atomic E-state index is 12.1. The molecule has 0 aliphatic heterocycles. The first-order valence-electron chi connectivity index (χ1n) is 7.19. The number of anilines is 1. The number of nitrogen functional groups attached to an aromatic ring is 1. The summed E-state index contributed by atoms with van der Waals surface area (Å²) in [5.41, 5.74) is 9.99. The van der Waals surface area contributed by atoms with E-state index in [1.807, 2.05) is 43.3 Å². The fourth-order valence-electron chi connectivity index (χ4n) is 2.51. The molecule has 2 aromatic rings. The highest BCUT2D eigenvalue weighted by Crippen LogP contribution is 2.26. The van der Waals surface area contributed by atoms with Gasteiger partial charge in [0.05, 0.1) is 13.0 Å². The SMILES string of the molecule is COC(=O)C(CCc1cc(C)ccc1N)c1ccc(Br)cc1. The summed E-state index contributed by atoms with van der Waals surface area (Å²) >= 11 is 3.41. The number of benzene rings is 2. The van der Waals surface area contributed by atoms with Crippen LogP contribution in [0.5, 0.6) is 0 Å². The van der Waals surface area contributed by atoms with Crippen LogP contribution in [0.1, 0.15) is 29.0 Å². The van der Waals surface area contributed by atoms with Crippen LogP contribution in [0.2, 0.25) is 0 Å². The molecule has 2 rings (SSSR count). The number of methoxy groups -OCH3 is 1. The number of ether oxygens (including phenoxy) is 1. The molecule has 0 amide bonds. The Morgan fingerprint density at radius 2 is 1.91 bits per heavy atom. The maximum atomic E-state index is 12.1. The van der Waals surface area contributed by atoms with E-state index in [0.29, 0.717) is 6.42 Å². The van der Waals surface area contributed by atoms with Crippen LogP contribution in [0.15, 0.2) is 46.9 Å². The number of hydrogen-bond acceptors (Lipinski definition) is 3. The number of carbonyl (C=O) groups is 1. The van der Waals surface area contributed by atoms with Crippen LogP contribution < -0.4 is 5.73 Å². The Morgan fingerprint density at radius 1 is 1.23 bits per heavy atom. The maximum Gasteiger partial charge on any atom is 0.313 e. The smallest absolute Gasteiger partial charge is 0.313 e. The van der Waals surface area contributed by atoms with Crippen molar-refractivity contribution in [2.24, 2.45) is 0 Å². The van der Waals surface area contributed by atoms with Gasteiger partial charge in [0.1, 0.15) is 0 Å². The predicted octanol–water partition coefficient (Wildman–Crippen LogP) is 4.23. The molecule has 4 heteroatoms. The van der Waals surface area contributed by atoms with Crippen LogP contribution in [0.25, 0.3) is 0 Å². The van der Waals surface area contributed by atoms with Gasteiger partial charge in [0.2, 0.25) is 0 Å². The lowest BCUT2D eigenvalue weighted by molar-refractivity contribution is -0.142. The lowest BCUT2D eigenvalue weighted by Crippen LogP contribution is -2.15. The Bertz CT molecular complexity index is 653. The Labute approximate surface area is 139 Å². The third-order valence-electron chi connectivity index (χ3n) is 3.76. The van der Waals surface area contributed by atoms with Crippen LogP contribution in [0.3, 0.4) is 0 Å². The molecule has 0 aliphatic rings. The number of nitrogens with two attached hydrogens (primary N) is 1. The summed E-state index contributed by atoms with van der Waals surface area (Å²) in [7, 11) is 1.43. The van der Waals surface area contributed by atoms with Crippen molar-refractivity contribution in [3.63, 3.8) is 0 Å². The standard InChI is InChI=1S/C18H20BrNO2/c1-12-3-10-17(20)14(11-12)6-9-16(18(21)22-2)13-4-7-15(19)8-5-13/h3-5,7-8,10-11,16H,6,9,20H2,1-2H3. The van der Waals surface area contributed by atoms with Gasteiger partial charge in [-0.25, -0.2) is 0 Å². The fourth-order valence-corrected chi connectivity index (χ4v) is 2.77. The number of halogens is 1. The van der Waals surface area contributed by atoms with Crippen LogP contribution in [0.4, 0.5) is 5.69 Å². The highest BCUT2D eigenvalue weighted by molar-refractivity contribution is 9.10. The minimum Gasteiger partial charge on any atom is -0.469 e. The molecule has 0 aromatic heterocycles. The summed E-state index contributed by atoms with van der Waals surface area (Å²) < 4.78 is 5.95. The molecule has 0 saturated heterocycles. The van der Waals surface area contributed by atoms with Crippen molar-refractivity contribution < 1.29 is 9.53 Å². The number of hydrogen-bond donors (Lipinski definition) is 1. The van der Waals surface area contributed by atoms with Crippen LogP contribution >= 0.6 is 15.9 Å². The van der Waals surface area contributed by atoms with E-state index in [-0.39, 0.29) is 11.9 Å². The molecule has 0 spiro atoms. The summed E-state index contributed by atoms with van der Waals surface area (Å²) in [6.07, 6.45) is 1.41. The van der Waals surface area contributed by atoms with E-state index in [1.54, 1.807) is 0 Å². The summed E-state index contributed by atoms with van der Waals surface area (Å²) in [4.78, 5) is 12.1. The summed E-state index contributed by atoms with van der Waals surface area (Å²) in [6.45, 7) is 2.04. The Morgan fingerprint density at radius 3 is 2.55 bits per heavy atom. The first-order chi connectivity index (χ1) is 10.5. The molecule has 2 aromatic carbocycles.